The van der Waals surface area contributed by atoms with Crippen molar-refractivity contribution in [3.8, 4) is 0 Å². The summed E-state index contributed by atoms with van der Waals surface area (Å²) in [7, 11) is 1.85. The SMILES string of the molecule is CNCC1C(=O)Nc2cc(Br)ccc21. The Labute approximate surface area is 91.0 Å². The average molecular weight is 255 g/mol. The van der Waals surface area contributed by atoms with Gasteiger partial charge < -0.3 is 10.6 Å². The Morgan fingerprint density at radius 2 is 2.36 bits per heavy atom. The molecule has 1 atom stereocenters. The maximum Gasteiger partial charge on any atom is 0.233 e. The number of carbonyl (C=O) groups is 1. The summed E-state index contributed by atoms with van der Waals surface area (Å²) in [4.78, 5) is 11.6. The van der Waals surface area contributed by atoms with Gasteiger partial charge in [-0.15, -0.1) is 0 Å². The van der Waals surface area contributed by atoms with Crippen molar-refractivity contribution in [2.75, 3.05) is 18.9 Å². The number of anilines is 1. The lowest BCUT2D eigenvalue weighted by atomic mass is 10.0. The van der Waals surface area contributed by atoms with Crippen molar-refractivity contribution in [1.29, 1.82) is 0 Å². The molecular formula is C10H11BrN2O. The molecule has 1 amide bonds. The maximum atomic E-state index is 11.6. The molecule has 2 N–H and O–H groups in total. The number of amides is 1. The van der Waals surface area contributed by atoms with Gasteiger partial charge >= 0.3 is 0 Å². The van der Waals surface area contributed by atoms with Gasteiger partial charge in [-0.3, -0.25) is 4.79 Å². The molecule has 0 saturated carbocycles. The monoisotopic (exact) mass is 254 g/mol. The number of hydrogen-bond acceptors (Lipinski definition) is 2. The number of likely N-dealkylation sites (N-methyl/N-ethyl adjacent to an activating group) is 1. The fraction of sp³-hybridized carbons (Fsp3) is 0.300. The van der Waals surface area contributed by atoms with Crippen LogP contribution in [0.4, 0.5) is 5.69 Å². The minimum atomic E-state index is -0.0527. The first-order valence-corrected chi connectivity index (χ1v) is 5.26. The van der Waals surface area contributed by atoms with Crippen molar-refractivity contribution >= 4 is 27.5 Å². The fourth-order valence-corrected chi connectivity index (χ4v) is 2.07. The summed E-state index contributed by atoms with van der Waals surface area (Å²) < 4.78 is 0.988. The van der Waals surface area contributed by atoms with Gasteiger partial charge in [-0.05, 0) is 24.7 Å². The first-order chi connectivity index (χ1) is 6.72. The summed E-state index contributed by atoms with van der Waals surface area (Å²) in [6.07, 6.45) is 0. The van der Waals surface area contributed by atoms with Gasteiger partial charge in [0.25, 0.3) is 0 Å². The van der Waals surface area contributed by atoms with E-state index in [1.807, 2.05) is 25.2 Å². The molecule has 74 valence electrons. The highest BCUT2D eigenvalue weighted by molar-refractivity contribution is 9.10. The standard InChI is InChI=1S/C10H11BrN2O/c1-12-5-8-7-3-2-6(11)4-9(7)13-10(8)14/h2-4,8,12H,5H2,1H3,(H,13,14). The summed E-state index contributed by atoms with van der Waals surface area (Å²) >= 11 is 3.38. The topological polar surface area (TPSA) is 41.1 Å². The summed E-state index contributed by atoms with van der Waals surface area (Å²) in [5, 5.41) is 5.89. The normalized spacial score (nSPS) is 19.3. The third kappa shape index (κ3) is 1.55. The highest BCUT2D eigenvalue weighted by atomic mass is 79.9. The molecule has 0 saturated heterocycles. The quantitative estimate of drug-likeness (QED) is 0.844. The van der Waals surface area contributed by atoms with E-state index in [1.54, 1.807) is 0 Å². The van der Waals surface area contributed by atoms with E-state index in [0.29, 0.717) is 6.54 Å². The van der Waals surface area contributed by atoms with Crippen molar-refractivity contribution in [2.24, 2.45) is 0 Å². The van der Waals surface area contributed by atoms with Crippen LogP contribution in [0.25, 0.3) is 0 Å². The molecular weight excluding hydrogens is 244 g/mol. The molecule has 1 heterocycles. The second-order valence-electron chi connectivity index (χ2n) is 3.33. The van der Waals surface area contributed by atoms with E-state index < -0.39 is 0 Å². The van der Waals surface area contributed by atoms with Crippen LogP contribution < -0.4 is 10.6 Å². The minimum Gasteiger partial charge on any atom is -0.325 e. The Hall–Kier alpha value is -0.870. The van der Waals surface area contributed by atoms with Crippen molar-refractivity contribution < 1.29 is 4.79 Å². The molecule has 1 aromatic carbocycles. The van der Waals surface area contributed by atoms with Crippen LogP contribution in [0, 0.1) is 0 Å². The molecule has 0 radical (unpaired) electrons. The highest BCUT2D eigenvalue weighted by Crippen LogP contribution is 2.33. The van der Waals surface area contributed by atoms with Crippen LogP contribution >= 0.6 is 15.9 Å². The highest BCUT2D eigenvalue weighted by Gasteiger charge is 2.29. The molecule has 2 rings (SSSR count). The van der Waals surface area contributed by atoms with Gasteiger partial charge in [-0.2, -0.15) is 0 Å². The molecule has 0 spiro atoms. The van der Waals surface area contributed by atoms with E-state index in [4.69, 9.17) is 0 Å². The summed E-state index contributed by atoms with van der Waals surface area (Å²) in [5.41, 5.74) is 2.00. The number of fused-ring (bicyclic) bond motifs is 1. The number of rotatable bonds is 2. The second-order valence-corrected chi connectivity index (χ2v) is 4.25. The van der Waals surface area contributed by atoms with E-state index >= 15 is 0 Å². The van der Waals surface area contributed by atoms with Crippen LogP contribution in [-0.2, 0) is 4.79 Å². The van der Waals surface area contributed by atoms with Gasteiger partial charge in [0.05, 0.1) is 5.92 Å². The van der Waals surface area contributed by atoms with Gasteiger partial charge in [0.1, 0.15) is 0 Å². The Balaban J connectivity index is 2.37. The van der Waals surface area contributed by atoms with E-state index in [0.717, 1.165) is 15.7 Å². The summed E-state index contributed by atoms with van der Waals surface area (Å²) in [5.74, 6) is 0.0237. The predicted octanol–water partition coefficient (Wildman–Crippen LogP) is 1.70. The molecule has 1 unspecified atom stereocenters. The molecule has 0 bridgehead atoms. The zero-order valence-corrected chi connectivity index (χ0v) is 9.39. The Morgan fingerprint density at radius 1 is 1.57 bits per heavy atom. The molecule has 1 aliphatic rings. The third-order valence-electron chi connectivity index (χ3n) is 2.37. The predicted molar refractivity (Wildman–Crippen MR) is 59.4 cm³/mol. The lowest BCUT2D eigenvalue weighted by Gasteiger charge is -2.06. The first-order valence-electron chi connectivity index (χ1n) is 4.47. The zero-order chi connectivity index (χ0) is 10.1. The number of nitrogens with one attached hydrogen (secondary N) is 2. The van der Waals surface area contributed by atoms with Gasteiger partial charge in [0.2, 0.25) is 5.91 Å². The first kappa shape index (κ1) is 9.68. The fourth-order valence-electron chi connectivity index (χ4n) is 1.71. The molecule has 3 nitrogen and oxygen atoms in total. The zero-order valence-electron chi connectivity index (χ0n) is 7.80. The lowest BCUT2D eigenvalue weighted by Crippen LogP contribution is -2.23. The lowest BCUT2D eigenvalue weighted by molar-refractivity contribution is -0.116. The van der Waals surface area contributed by atoms with Crippen LogP contribution in [0.2, 0.25) is 0 Å². The van der Waals surface area contributed by atoms with Gasteiger partial charge in [-0.25, -0.2) is 0 Å². The molecule has 14 heavy (non-hydrogen) atoms. The average Bonchev–Trinajstić information content (AvgIpc) is 2.43. The van der Waals surface area contributed by atoms with Gasteiger partial charge in [0.15, 0.2) is 0 Å². The van der Waals surface area contributed by atoms with E-state index in [-0.39, 0.29) is 11.8 Å². The van der Waals surface area contributed by atoms with Gasteiger partial charge in [0, 0.05) is 16.7 Å². The van der Waals surface area contributed by atoms with Crippen LogP contribution in [-0.4, -0.2) is 19.5 Å². The van der Waals surface area contributed by atoms with E-state index in [2.05, 4.69) is 26.6 Å². The van der Waals surface area contributed by atoms with Crippen LogP contribution in [0.1, 0.15) is 11.5 Å². The minimum absolute atomic E-state index is 0.0527. The number of benzene rings is 1. The molecule has 1 aliphatic heterocycles. The number of halogens is 1. The van der Waals surface area contributed by atoms with Crippen molar-refractivity contribution in [1.82, 2.24) is 5.32 Å². The summed E-state index contributed by atoms with van der Waals surface area (Å²) in [6, 6.07) is 5.88. The maximum absolute atomic E-state index is 11.6. The molecule has 4 heteroatoms. The smallest absolute Gasteiger partial charge is 0.233 e. The Bertz CT molecular complexity index is 378. The summed E-state index contributed by atoms with van der Waals surface area (Å²) in [6.45, 7) is 0.681. The Morgan fingerprint density at radius 3 is 3.07 bits per heavy atom. The molecule has 1 aromatic rings. The molecule has 0 aliphatic carbocycles. The van der Waals surface area contributed by atoms with Crippen molar-refractivity contribution in [2.45, 2.75) is 5.92 Å². The number of carbonyl (C=O) groups excluding carboxylic acids is 1. The van der Waals surface area contributed by atoms with E-state index in [1.165, 1.54) is 0 Å². The van der Waals surface area contributed by atoms with Crippen molar-refractivity contribution in [3.05, 3.63) is 28.2 Å². The number of hydrogen-bond donors (Lipinski definition) is 2. The van der Waals surface area contributed by atoms with Gasteiger partial charge in [-0.1, -0.05) is 22.0 Å². The van der Waals surface area contributed by atoms with E-state index in [9.17, 15) is 4.79 Å². The Kier molecular flexibility index (Phi) is 2.56. The largest absolute Gasteiger partial charge is 0.325 e. The van der Waals surface area contributed by atoms with Crippen molar-refractivity contribution in [3.63, 3.8) is 0 Å². The molecule has 0 aromatic heterocycles. The van der Waals surface area contributed by atoms with Crippen LogP contribution in [0.3, 0.4) is 0 Å². The van der Waals surface area contributed by atoms with Crippen LogP contribution in [0.5, 0.6) is 0 Å². The van der Waals surface area contributed by atoms with Crippen LogP contribution in [0.15, 0.2) is 22.7 Å². The third-order valence-corrected chi connectivity index (χ3v) is 2.87. The molecule has 0 fully saturated rings. The second kappa shape index (κ2) is 3.71.